The summed E-state index contributed by atoms with van der Waals surface area (Å²) in [4.78, 5) is 0. The van der Waals surface area contributed by atoms with E-state index in [0.29, 0.717) is 0 Å². The van der Waals surface area contributed by atoms with Gasteiger partial charge in [-0.2, -0.15) is 0 Å². The maximum absolute atomic E-state index is 8.44. The molecule has 4 N–H and O–H groups in total. The molecule has 0 radical (unpaired) electrons. The van der Waals surface area contributed by atoms with Gasteiger partial charge in [-0.05, 0) is 0 Å². The molecule has 0 rings (SSSR count). The van der Waals surface area contributed by atoms with E-state index in [9.17, 15) is 0 Å². The van der Waals surface area contributed by atoms with Gasteiger partial charge in [0.1, 0.15) is 0 Å². The predicted molar refractivity (Wildman–Crippen MR) is 25.4 cm³/mol. The second-order valence-electron chi connectivity index (χ2n) is 0.408. The molecule has 0 atom stereocenters. The summed E-state index contributed by atoms with van der Waals surface area (Å²) in [7, 11) is 0. The molecule has 10 heteroatoms. The van der Waals surface area contributed by atoms with Gasteiger partial charge in [-0.1, -0.05) is 0 Å². The van der Waals surface area contributed by atoms with Crippen LogP contribution >= 0.6 is 0 Å². The number of hydrogen-bond donors (Lipinski definition) is 1. The standard InChI is InChI=1S/H3N.Na.2H2O3S/c;;2*1-4(2)3/h1H3;;2*(H2,1,2,3)/q;+1;;/p-3. The Hall–Kier alpha value is 1.10. The molecule has 0 fully saturated rings. The Morgan fingerprint density at radius 1 is 0.800 bits per heavy atom. The third-order valence-corrected chi connectivity index (χ3v) is 0. The van der Waals surface area contributed by atoms with E-state index in [-0.39, 0.29) is 35.7 Å². The molecule has 0 bridgehead atoms. The van der Waals surface area contributed by atoms with Crippen molar-refractivity contribution in [2.75, 3.05) is 0 Å². The smallest absolute Gasteiger partial charge is 0.784 e. The van der Waals surface area contributed by atoms with Crippen molar-refractivity contribution in [3.63, 3.8) is 0 Å². The van der Waals surface area contributed by atoms with E-state index < -0.39 is 22.7 Å². The third-order valence-electron chi connectivity index (χ3n) is 0. The van der Waals surface area contributed by atoms with Gasteiger partial charge in [0.05, 0.1) is 0 Å². The van der Waals surface area contributed by atoms with Crippen molar-refractivity contribution in [3.05, 3.63) is 0 Å². The predicted octanol–water partition coefficient (Wildman–Crippen LogP) is -4.63. The molecule has 7 nitrogen and oxygen atoms in total. The van der Waals surface area contributed by atoms with Crippen LogP contribution in [0.15, 0.2) is 0 Å². The van der Waals surface area contributed by atoms with Crippen LogP contribution in [0, 0.1) is 0 Å². The summed E-state index contributed by atoms with van der Waals surface area (Å²) in [6.07, 6.45) is 0. The molecule has 0 saturated carbocycles. The molecule has 0 aliphatic heterocycles. The zero-order chi connectivity index (χ0) is 7.15. The molecule has 0 aromatic heterocycles. The number of rotatable bonds is 0. The second-order valence-corrected chi connectivity index (χ2v) is 1.22. The fourth-order valence-corrected chi connectivity index (χ4v) is 0. The molecule has 0 spiro atoms. The molecule has 0 aliphatic rings. The first-order chi connectivity index (χ1) is 3.46. The zero-order valence-corrected chi connectivity index (χ0v) is 8.90. The Labute approximate surface area is 84.7 Å². The maximum atomic E-state index is 8.44. The van der Waals surface area contributed by atoms with Gasteiger partial charge >= 0.3 is 29.6 Å². The summed E-state index contributed by atoms with van der Waals surface area (Å²) in [5.74, 6) is 0. The van der Waals surface area contributed by atoms with Gasteiger partial charge in [0.25, 0.3) is 0 Å². The SMILES string of the molecule is O=S([O-])[O-].O=S([O-])[O-].[NH4+].[Na+]. The minimum atomic E-state index is -3.11. The first-order valence-corrected chi connectivity index (χ1v) is 3.00. The quantitative estimate of drug-likeness (QED) is 0.306. The van der Waals surface area contributed by atoms with Crippen molar-refractivity contribution >= 4 is 22.7 Å². The van der Waals surface area contributed by atoms with Crippen molar-refractivity contribution < 1.29 is 56.2 Å². The zero-order valence-electron chi connectivity index (χ0n) is 5.27. The Balaban J connectivity index is -0.0000000300. The third kappa shape index (κ3) is 493. The monoisotopic (exact) mass is 201 g/mol. The molecule has 0 heterocycles. The largest absolute Gasteiger partial charge is 1.00 e. The van der Waals surface area contributed by atoms with Gasteiger partial charge in [0.15, 0.2) is 0 Å². The normalized spacial score (nSPS) is 7.00. The van der Waals surface area contributed by atoms with E-state index in [2.05, 4.69) is 0 Å². The average molecular weight is 201 g/mol. The van der Waals surface area contributed by atoms with Crippen LogP contribution in [0.3, 0.4) is 0 Å². The molecule has 0 aliphatic carbocycles. The Morgan fingerprint density at radius 2 is 0.800 bits per heavy atom. The molecule has 0 aromatic carbocycles. The Kier molecular flexibility index (Phi) is 37.3. The van der Waals surface area contributed by atoms with E-state index in [4.69, 9.17) is 26.6 Å². The summed E-state index contributed by atoms with van der Waals surface area (Å²) < 4.78 is 50.7. The molecule has 60 valence electrons. The van der Waals surface area contributed by atoms with Crippen molar-refractivity contribution in [1.29, 1.82) is 0 Å². The molecule has 10 heavy (non-hydrogen) atoms. The topological polar surface area (TPSA) is 163 Å². The van der Waals surface area contributed by atoms with E-state index in [1.165, 1.54) is 0 Å². The molecule has 0 saturated heterocycles. The van der Waals surface area contributed by atoms with Crippen LogP contribution in [-0.4, -0.2) is 26.6 Å². The van der Waals surface area contributed by atoms with E-state index in [1.807, 2.05) is 0 Å². The Bertz CT molecular complexity index is 73.7. The summed E-state index contributed by atoms with van der Waals surface area (Å²) >= 11 is -6.22. The summed E-state index contributed by atoms with van der Waals surface area (Å²) in [5, 5.41) is 0. The van der Waals surface area contributed by atoms with Crippen molar-refractivity contribution in [2.24, 2.45) is 0 Å². The minimum absolute atomic E-state index is 0. The van der Waals surface area contributed by atoms with Crippen molar-refractivity contribution in [1.82, 2.24) is 6.15 Å². The van der Waals surface area contributed by atoms with Gasteiger partial charge in [0.2, 0.25) is 0 Å². The average Bonchev–Trinajstić information content (AvgIpc) is 1.25. The van der Waals surface area contributed by atoms with Crippen LogP contribution in [0.1, 0.15) is 0 Å². The van der Waals surface area contributed by atoms with Gasteiger partial charge in [0, 0.05) is 0 Å². The molecule has 0 amide bonds. The fourth-order valence-electron chi connectivity index (χ4n) is 0. The Morgan fingerprint density at radius 3 is 0.800 bits per heavy atom. The van der Waals surface area contributed by atoms with Crippen LogP contribution < -0.4 is 35.7 Å². The van der Waals surface area contributed by atoms with Crippen LogP contribution in [0.4, 0.5) is 0 Å². The van der Waals surface area contributed by atoms with Crippen LogP contribution in [0.2, 0.25) is 0 Å². The van der Waals surface area contributed by atoms with Crippen LogP contribution in [0.25, 0.3) is 0 Å². The summed E-state index contributed by atoms with van der Waals surface area (Å²) in [5.41, 5.74) is 0. The van der Waals surface area contributed by atoms with Gasteiger partial charge in [-0.3, -0.25) is 8.42 Å². The molecular weight excluding hydrogens is 197 g/mol. The number of hydrogen-bond acceptors (Lipinski definition) is 6. The van der Waals surface area contributed by atoms with Crippen molar-refractivity contribution in [3.8, 4) is 0 Å². The summed E-state index contributed by atoms with van der Waals surface area (Å²) in [6, 6.07) is 0. The fraction of sp³-hybridized carbons (Fsp3) is 0. The first-order valence-electron chi connectivity index (χ1n) is 1.00. The van der Waals surface area contributed by atoms with Gasteiger partial charge in [-0.15, -0.1) is 22.7 Å². The minimum Gasteiger partial charge on any atom is -0.784 e. The van der Waals surface area contributed by atoms with Crippen LogP contribution in [0.5, 0.6) is 0 Å². The van der Waals surface area contributed by atoms with Crippen LogP contribution in [-0.2, 0) is 22.7 Å². The number of quaternary nitrogens is 1. The molecule has 0 aromatic rings. The molecular formula is H4NNaO6S2-2. The molecule has 0 unspecified atom stereocenters. The van der Waals surface area contributed by atoms with E-state index in [1.54, 1.807) is 0 Å². The first kappa shape index (κ1) is 22.5. The summed E-state index contributed by atoms with van der Waals surface area (Å²) in [6.45, 7) is 0. The van der Waals surface area contributed by atoms with Gasteiger partial charge < -0.3 is 24.4 Å². The van der Waals surface area contributed by atoms with E-state index in [0.717, 1.165) is 0 Å². The van der Waals surface area contributed by atoms with Gasteiger partial charge in [-0.25, -0.2) is 0 Å². The van der Waals surface area contributed by atoms with E-state index >= 15 is 0 Å². The van der Waals surface area contributed by atoms with Crippen molar-refractivity contribution in [2.45, 2.75) is 0 Å². The maximum Gasteiger partial charge on any atom is 1.00 e. The second kappa shape index (κ2) is 16.6.